The predicted molar refractivity (Wildman–Crippen MR) is 68.4 cm³/mol. The van der Waals surface area contributed by atoms with Crippen molar-refractivity contribution in [2.24, 2.45) is 0 Å². The van der Waals surface area contributed by atoms with Gasteiger partial charge in [-0.15, -0.1) is 0 Å². The van der Waals surface area contributed by atoms with Crippen molar-refractivity contribution in [2.45, 2.75) is 0 Å². The van der Waals surface area contributed by atoms with Crippen LogP contribution in [0.15, 0.2) is 0 Å². The summed E-state index contributed by atoms with van der Waals surface area (Å²) < 4.78 is 15.7. The molecular formula is C8H16Br2N2O2Si. The van der Waals surface area contributed by atoms with Crippen LogP contribution in [-0.4, -0.2) is 67.4 Å². The Hall–Kier alpha value is 1.02. The second kappa shape index (κ2) is 5.57. The van der Waals surface area contributed by atoms with Gasteiger partial charge in [0, 0.05) is 26.2 Å². The van der Waals surface area contributed by atoms with Crippen molar-refractivity contribution in [3.05, 3.63) is 0 Å². The maximum absolute atomic E-state index is 5.38. The van der Waals surface area contributed by atoms with E-state index in [1.54, 1.807) is 0 Å². The Bertz CT molecular complexity index is 189. The van der Waals surface area contributed by atoms with E-state index in [-0.39, 0.29) is 0 Å². The third kappa shape index (κ3) is 3.02. The van der Waals surface area contributed by atoms with Crippen LogP contribution in [-0.2, 0) is 9.47 Å². The summed E-state index contributed by atoms with van der Waals surface area (Å²) in [6, 6.07) is 0. The second-order valence-corrected chi connectivity index (χ2v) is 15.8. The summed E-state index contributed by atoms with van der Waals surface area (Å²) in [7, 11) is 0. The van der Waals surface area contributed by atoms with E-state index in [0.29, 0.717) is 0 Å². The number of nitrogens with zero attached hydrogens (tertiary/aromatic N) is 2. The zero-order valence-electron chi connectivity index (χ0n) is 8.62. The molecule has 0 atom stereocenters. The zero-order valence-corrected chi connectivity index (χ0v) is 12.8. The van der Waals surface area contributed by atoms with Crippen molar-refractivity contribution in [1.82, 2.24) is 9.13 Å². The lowest BCUT2D eigenvalue weighted by atomic mass is 10.5. The van der Waals surface area contributed by atoms with Crippen LogP contribution in [0.4, 0.5) is 0 Å². The first-order valence-corrected chi connectivity index (χ1v) is 11.7. The van der Waals surface area contributed by atoms with Gasteiger partial charge in [0.25, 0.3) is 0 Å². The fourth-order valence-electron chi connectivity index (χ4n) is 1.86. The summed E-state index contributed by atoms with van der Waals surface area (Å²) in [6.07, 6.45) is 0. The molecule has 0 bridgehead atoms. The molecule has 2 heterocycles. The van der Waals surface area contributed by atoms with Gasteiger partial charge in [-0.2, -0.15) is 0 Å². The van der Waals surface area contributed by atoms with Crippen molar-refractivity contribution in [2.75, 3.05) is 52.6 Å². The summed E-state index contributed by atoms with van der Waals surface area (Å²) in [4.78, 5) is 0. The summed E-state index contributed by atoms with van der Waals surface area (Å²) in [5.74, 6) is 0. The Kier molecular flexibility index (Phi) is 4.63. The number of rotatable bonds is 2. The molecule has 4 nitrogen and oxygen atoms in total. The molecule has 0 saturated carbocycles. The Morgan fingerprint density at radius 2 is 1.07 bits per heavy atom. The maximum Gasteiger partial charge on any atom is 0.354 e. The fraction of sp³-hybridized carbons (Fsp3) is 1.00. The molecule has 0 N–H and O–H groups in total. The number of halogens is 2. The van der Waals surface area contributed by atoms with Crippen LogP contribution in [0.1, 0.15) is 0 Å². The highest BCUT2D eigenvalue weighted by Gasteiger charge is 2.42. The molecular weight excluding hydrogens is 344 g/mol. The SMILES string of the molecule is Br[Si](Br)(N1CCOCC1)N1CCOCC1. The molecule has 88 valence electrons. The molecule has 0 spiro atoms. The first-order chi connectivity index (χ1) is 7.21. The number of hydrogen-bond donors (Lipinski definition) is 0. The van der Waals surface area contributed by atoms with Gasteiger partial charge in [-0.25, -0.2) is 0 Å². The summed E-state index contributed by atoms with van der Waals surface area (Å²) in [5, 5.41) is 0. The number of ether oxygens (including phenoxy) is 2. The molecule has 0 aliphatic carbocycles. The zero-order chi connectivity index (χ0) is 10.7. The van der Waals surface area contributed by atoms with Crippen molar-refractivity contribution in [3.63, 3.8) is 0 Å². The largest absolute Gasteiger partial charge is 0.379 e. The minimum Gasteiger partial charge on any atom is -0.379 e. The average molecular weight is 360 g/mol. The van der Waals surface area contributed by atoms with Gasteiger partial charge in [0.05, 0.1) is 26.4 Å². The quantitative estimate of drug-likeness (QED) is 0.539. The number of hydrogen-bond acceptors (Lipinski definition) is 4. The van der Waals surface area contributed by atoms with E-state index < -0.39 is 5.64 Å². The fourth-order valence-corrected chi connectivity index (χ4v) is 7.96. The molecule has 0 aromatic heterocycles. The van der Waals surface area contributed by atoms with E-state index in [2.05, 4.69) is 39.7 Å². The first-order valence-electron chi connectivity index (χ1n) is 5.24. The van der Waals surface area contributed by atoms with Gasteiger partial charge in [-0.3, -0.25) is 9.13 Å². The van der Waals surface area contributed by atoms with E-state index in [9.17, 15) is 0 Å². The van der Waals surface area contributed by atoms with Crippen LogP contribution >= 0.6 is 30.6 Å². The third-order valence-corrected chi connectivity index (χ3v) is 11.2. The predicted octanol–water partition coefficient (Wildman–Crippen LogP) is 0.876. The van der Waals surface area contributed by atoms with E-state index in [1.165, 1.54) is 0 Å². The highest BCUT2D eigenvalue weighted by Crippen LogP contribution is 2.30. The van der Waals surface area contributed by atoms with E-state index in [1.807, 2.05) is 0 Å². The Morgan fingerprint density at radius 1 is 0.733 bits per heavy atom. The Balaban J connectivity index is 1.96. The van der Waals surface area contributed by atoms with Crippen molar-refractivity contribution < 1.29 is 9.47 Å². The summed E-state index contributed by atoms with van der Waals surface area (Å²) >= 11 is 7.80. The molecule has 2 saturated heterocycles. The third-order valence-electron chi connectivity index (χ3n) is 2.78. The van der Waals surface area contributed by atoms with E-state index in [0.717, 1.165) is 52.6 Å². The number of morpholine rings is 2. The summed E-state index contributed by atoms with van der Waals surface area (Å²) in [6.45, 7) is 7.43. The average Bonchev–Trinajstić information content (AvgIpc) is 2.31. The van der Waals surface area contributed by atoms with Crippen LogP contribution in [0.5, 0.6) is 0 Å². The van der Waals surface area contributed by atoms with Gasteiger partial charge in [0.2, 0.25) is 0 Å². The van der Waals surface area contributed by atoms with Gasteiger partial charge in [-0.05, 0) is 0 Å². The molecule has 7 heteroatoms. The molecule has 0 aromatic rings. The highest BCUT2D eigenvalue weighted by atomic mass is 79.9. The highest BCUT2D eigenvalue weighted by molar-refractivity contribution is 9.50. The van der Waals surface area contributed by atoms with Crippen LogP contribution in [0.3, 0.4) is 0 Å². The molecule has 0 unspecified atom stereocenters. The first kappa shape index (κ1) is 12.5. The lowest BCUT2D eigenvalue weighted by molar-refractivity contribution is 0.0510. The maximum atomic E-state index is 5.38. The van der Waals surface area contributed by atoms with Crippen LogP contribution < -0.4 is 0 Å². The standard InChI is InChI=1S/C8H16Br2N2O2Si/c9-15(10,11-1-5-13-6-2-11)12-3-7-14-8-4-12/h1-8H2. The molecule has 0 aromatic carbocycles. The molecule has 2 fully saturated rings. The van der Waals surface area contributed by atoms with Gasteiger partial charge in [0.1, 0.15) is 0 Å². The molecule has 0 amide bonds. The lowest BCUT2D eigenvalue weighted by Crippen LogP contribution is -2.62. The van der Waals surface area contributed by atoms with Crippen molar-refractivity contribution >= 4 is 36.2 Å². The van der Waals surface area contributed by atoms with Gasteiger partial charge >= 0.3 is 5.64 Å². The molecule has 2 aliphatic rings. The molecule has 2 aliphatic heterocycles. The minimum atomic E-state index is -1.77. The van der Waals surface area contributed by atoms with Crippen LogP contribution in [0, 0.1) is 0 Å². The monoisotopic (exact) mass is 358 g/mol. The second-order valence-electron chi connectivity index (χ2n) is 3.71. The van der Waals surface area contributed by atoms with Crippen molar-refractivity contribution in [1.29, 1.82) is 0 Å². The smallest absolute Gasteiger partial charge is 0.354 e. The van der Waals surface area contributed by atoms with Gasteiger partial charge < -0.3 is 9.47 Å². The van der Waals surface area contributed by atoms with Crippen LogP contribution in [0.25, 0.3) is 0 Å². The molecule has 15 heavy (non-hydrogen) atoms. The van der Waals surface area contributed by atoms with Crippen molar-refractivity contribution in [3.8, 4) is 0 Å². The van der Waals surface area contributed by atoms with Crippen LogP contribution in [0.2, 0.25) is 0 Å². The molecule has 2 rings (SSSR count). The lowest BCUT2D eigenvalue weighted by Gasteiger charge is -2.43. The topological polar surface area (TPSA) is 24.9 Å². The Morgan fingerprint density at radius 3 is 1.40 bits per heavy atom. The normalized spacial score (nSPS) is 26.8. The molecule has 0 radical (unpaired) electrons. The summed E-state index contributed by atoms with van der Waals surface area (Å²) in [5.41, 5.74) is -1.77. The minimum absolute atomic E-state index is 0.844. The van der Waals surface area contributed by atoms with Gasteiger partial charge in [-0.1, -0.05) is 30.6 Å². The van der Waals surface area contributed by atoms with Gasteiger partial charge in [0.15, 0.2) is 0 Å². The van der Waals surface area contributed by atoms with E-state index >= 15 is 0 Å². The Labute approximate surface area is 107 Å². The van der Waals surface area contributed by atoms with E-state index in [4.69, 9.17) is 9.47 Å².